The number of thioether (sulfide) groups is 1. The molecule has 6 heteroatoms. The number of Topliss-reactive ketones (excluding diaryl/α,β-unsaturated/α-hetero) is 1. The fourth-order valence-corrected chi connectivity index (χ4v) is 16.9. The highest BCUT2D eigenvalue weighted by molar-refractivity contribution is 7.98. The molecule has 2 aromatic rings. The molecule has 272 valence electrons. The molecule has 0 saturated heterocycles. The van der Waals surface area contributed by atoms with Crippen molar-refractivity contribution in [3.8, 4) is 0 Å². The minimum atomic E-state index is -2.70. The van der Waals surface area contributed by atoms with Crippen molar-refractivity contribution >= 4 is 42.2 Å². The SMILES string of the molecule is CC=C1C(=O)[C@@H]2[C@H](CC[C@]3(C)[C@@H]([C@H](C)CCC(=O)OCSC)CC[C@@H]23)[C@@]2(C)CC[C@@H](O[Si](c3ccccc3)(c3ccccc3)C(C)(C)C)C[C@@H]12. The van der Waals surface area contributed by atoms with Gasteiger partial charge in [0, 0.05) is 18.4 Å². The predicted octanol–water partition coefficient (Wildman–Crippen LogP) is 9.61. The van der Waals surface area contributed by atoms with Gasteiger partial charge in [0.25, 0.3) is 8.32 Å². The van der Waals surface area contributed by atoms with Gasteiger partial charge >= 0.3 is 5.97 Å². The third-order valence-electron chi connectivity index (χ3n) is 14.4. The summed E-state index contributed by atoms with van der Waals surface area (Å²) in [4.78, 5) is 27.2. The van der Waals surface area contributed by atoms with Crippen LogP contribution in [-0.4, -0.2) is 38.4 Å². The maximum Gasteiger partial charge on any atom is 0.306 e. The predicted molar refractivity (Wildman–Crippen MR) is 210 cm³/mol. The van der Waals surface area contributed by atoms with Crippen molar-refractivity contribution in [1.82, 2.24) is 0 Å². The summed E-state index contributed by atoms with van der Waals surface area (Å²) in [6.45, 7) is 16.6. The number of rotatable bonds is 10. The number of hydrogen-bond donors (Lipinski definition) is 0. The Morgan fingerprint density at radius 3 is 2.12 bits per heavy atom. The average Bonchev–Trinajstić information content (AvgIpc) is 3.46. The number of ether oxygens (including phenoxy) is 1. The summed E-state index contributed by atoms with van der Waals surface area (Å²) in [5, 5.41) is 2.57. The molecule has 4 aliphatic carbocycles. The molecular formula is C44H62O4SSi. The van der Waals surface area contributed by atoms with Gasteiger partial charge in [-0.1, -0.05) is 108 Å². The summed E-state index contributed by atoms with van der Waals surface area (Å²) in [7, 11) is -2.70. The first kappa shape index (κ1) is 37.6. The highest BCUT2D eigenvalue weighted by Gasteiger charge is 2.65. The molecule has 0 amide bonds. The monoisotopic (exact) mass is 714 g/mol. The van der Waals surface area contributed by atoms with Gasteiger partial charge in [-0.05, 0) is 126 Å². The number of fused-ring (bicyclic) bond motifs is 5. The molecule has 4 aliphatic rings. The Labute approximate surface area is 308 Å². The summed E-state index contributed by atoms with van der Waals surface area (Å²) in [6, 6.07) is 22.0. The number of carbonyl (C=O) groups excluding carboxylic acids is 2. The summed E-state index contributed by atoms with van der Waals surface area (Å²) in [5.41, 5.74) is 1.32. The second-order valence-corrected chi connectivity index (χ2v) is 22.8. The van der Waals surface area contributed by atoms with Crippen LogP contribution in [0.5, 0.6) is 0 Å². The molecule has 0 radical (unpaired) electrons. The standard InChI is InChI=1S/C44H62O4SSi/c1-9-34-38-28-31(48-50(42(3,4)5,32-16-12-10-13-17-32)33-18-14-11-15-19-33)24-26-44(38,7)37-25-27-43(6)35(21-22-36(43)40(37)41(34)46)30(2)20-23-39(45)47-29-49-8/h9-19,30-31,35-38,40H,20-29H2,1-8H3/t30-,31-,35-,36+,37+,38+,40+,43-,44-/m1/s1. The van der Waals surface area contributed by atoms with Gasteiger partial charge in [-0.3, -0.25) is 9.59 Å². The van der Waals surface area contributed by atoms with Crippen LogP contribution >= 0.6 is 11.8 Å². The van der Waals surface area contributed by atoms with Crippen LogP contribution in [0.3, 0.4) is 0 Å². The van der Waals surface area contributed by atoms with Gasteiger partial charge in [0.1, 0.15) is 5.94 Å². The molecule has 0 aliphatic heterocycles. The van der Waals surface area contributed by atoms with Crippen molar-refractivity contribution in [2.75, 3.05) is 12.2 Å². The highest BCUT2D eigenvalue weighted by atomic mass is 32.2. The number of esters is 1. The summed E-state index contributed by atoms with van der Waals surface area (Å²) in [5.74, 6) is 2.96. The fraction of sp³-hybridized carbons (Fsp3) is 0.636. The van der Waals surface area contributed by atoms with E-state index in [9.17, 15) is 9.59 Å². The van der Waals surface area contributed by atoms with E-state index in [-0.39, 0.29) is 39.8 Å². The van der Waals surface area contributed by atoms with Crippen molar-refractivity contribution in [2.45, 2.75) is 117 Å². The van der Waals surface area contributed by atoms with Gasteiger partial charge in [0.05, 0.1) is 0 Å². The Balaban J connectivity index is 1.26. The lowest BCUT2D eigenvalue weighted by Crippen LogP contribution is -2.68. The molecule has 0 aromatic heterocycles. The van der Waals surface area contributed by atoms with E-state index in [1.165, 1.54) is 23.2 Å². The Bertz CT molecular complexity index is 1490. The van der Waals surface area contributed by atoms with E-state index in [0.717, 1.165) is 44.1 Å². The van der Waals surface area contributed by atoms with E-state index in [4.69, 9.17) is 9.16 Å². The van der Waals surface area contributed by atoms with E-state index in [0.29, 0.717) is 41.8 Å². The number of benzene rings is 2. The topological polar surface area (TPSA) is 52.6 Å². The number of allylic oxidation sites excluding steroid dienone is 2. The third-order valence-corrected chi connectivity index (χ3v) is 19.8. The minimum absolute atomic E-state index is 0.0772. The summed E-state index contributed by atoms with van der Waals surface area (Å²) < 4.78 is 13.1. The summed E-state index contributed by atoms with van der Waals surface area (Å²) in [6.07, 6.45) is 13.3. The maximum atomic E-state index is 14.9. The molecule has 0 unspecified atom stereocenters. The van der Waals surface area contributed by atoms with Gasteiger partial charge in [-0.15, -0.1) is 11.8 Å². The molecule has 6 rings (SSSR count). The third kappa shape index (κ3) is 6.42. The molecule has 50 heavy (non-hydrogen) atoms. The van der Waals surface area contributed by atoms with Crippen molar-refractivity contribution < 1.29 is 18.8 Å². The quantitative estimate of drug-likeness (QED) is 0.106. The molecule has 9 atom stereocenters. The minimum Gasteiger partial charge on any atom is -0.455 e. The Morgan fingerprint density at radius 1 is 0.940 bits per heavy atom. The Kier molecular flexibility index (Phi) is 11.1. The van der Waals surface area contributed by atoms with Crippen LogP contribution in [0.25, 0.3) is 0 Å². The molecule has 0 N–H and O–H groups in total. The van der Waals surface area contributed by atoms with Crippen molar-refractivity contribution in [2.24, 2.45) is 46.3 Å². The van der Waals surface area contributed by atoms with Crippen LogP contribution in [0.2, 0.25) is 5.04 Å². The van der Waals surface area contributed by atoms with Gasteiger partial charge < -0.3 is 9.16 Å². The van der Waals surface area contributed by atoms with Crippen LogP contribution in [0.4, 0.5) is 0 Å². The maximum absolute atomic E-state index is 14.9. The van der Waals surface area contributed by atoms with Gasteiger partial charge in [0.2, 0.25) is 0 Å². The zero-order chi connectivity index (χ0) is 35.9. The molecule has 0 bridgehead atoms. The van der Waals surface area contributed by atoms with Crippen molar-refractivity contribution in [3.63, 3.8) is 0 Å². The number of hydrogen-bond acceptors (Lipinski definition) is 5. The molecule has 4 saturated carbocycles. The first-order chi connectivity index (χ1) is 23.8. The lowest BCUT2D eigenvalue weighted by atomic mass is 9.43. The zero-order valence-electron chi connectivity index (χ0n) is 32.0. The van der Waals surface area contributed by atoms with Gasteiger partial charge in [-0.25, -0.2) is 0 Å². The average molecular weight is 715 g/mol. The number of ketones is 1. The molecule has 0 spiro atoms. The van der Waals surface area contributed by atoms with E-state index in [1.54, 1.807) is 11.8 Å². The molecule has 4 nitrogen and oxygen atoms in total. The van der Waals surface area contributed by atoms with E-state index in [2.05, 4.69) is 115 Å². The van der Waals surface area contributed by atoms with E-state index >= 15 is 0 Å². The largest absolute Gasteiger partial charge is 0.455 e. The summed E-state index contributed by atoms with van der Waals surface area (Å²) >= 11 is 1.54. The van der Waals surface area contributed by atoms with Crippen LogP contribution < -0.4 is 10.4 Å². The highest BCUT2D eigenvalue weighted by Crippen LogP contribution is 2.68. The Morgan fingerprint density at radius 2 is 1.54 bits per heavy atom. The first-order valence-corrected chi connectivity index (χ1v) is 22.8. The van der Waals surface area contributed by atoms with Crippen LogP contribution in [-0.2, 0) is 18.8 Å². The smallest absolute Gasteiger partial charge is 0.306 e. The molecule has 2 aromatic carbocycles. The molecular weight excluding hydrogens is 653 g/mol. The fourth-order valence-electron chi connectivity index (χ4n) is 11.9. The number of carbonyl (C=O) groups is 2. The van der Waals surface area contributed by atoms with Gasteiger partial charge in [-0.2, -0.15) is 0 Å². The first-order valence-electron chi connectivity index (χ1n) is 19.5. The van der Waals surface area contributed by atoms with Crippen molar-refractivity contribution in [3.05, 3.63) is 72.3 Å². The van der Waals surface area contributed by atoms with E-state index in [1.807, 2.05) is 6.26 Å². The van der Waals surface area contributed by atoms with Crippen LogP contribution in [0, 0.1) is 46.3 Å². The lowest BCUT2D eigenvalue weighted by Gasteiger charge is -2.61. The Hall–Kier alpha value is -2.15. The second-order valence-electron chi connectivity index (χ2n) is 17.8. The van der Waals surface area contributed by atoms with Crippen LogP contribution in [0.1, 0.15) is 106 Å². The van der Waals surface area contributed by atoms with Gasteiger partial charge in [0.15, 0.2) is 5.78 Å². The lowest BCUT2D eigenvalue weighted by molar-refractivity contribution is -0.149. The van der Waals surface area contributed by atoms with Crippen molar-refractivity contribution in [1.29, 1.82) is 0 Å². The van der Waals surface area contributed by atoms with E-state index < -0.39 is 8.32 Å². The van der Waals surface area contributed by atoms with Crippen LogP contribution in [0.15, 0.2) is 72.3 Å². The molecule has 4 fully saturated rings. The normalized spacial score (nSPS) is 34.1. The second kappa shape index (κ2) is 14.7. The zero-order valence-corrected chi connectivity index (χ0v) is 33.8. The molecule has 0 heterocycles.